The van der Waals surface area contributed by atoms with Gasteiger partial charge in [-0.05, 0) is 35.6 Å². The monoisotopic (exact) mass is 331 g/mol. The van der Waals surface area contributed by atoms with E-state index in [1.54, 1.807) is 25.3 Å². The highest BCUT2D eigenvalue weighted by Crippen LogP contribution is 2.14. The van der Waals surface area contributed by atoms with Crippen molar-refractivity contribution in [1.82, 2.24) is 9.38 Å². The van der Waals surface area contributed by atoms with Gasteiger partial charge in [-0.1, -0.05) is 0 Å². The van der Waals surface area contributed by atoms with E-state index in [1.165, 1.54) is 0 Å². The van der Waals surface area contributed by atoms with Crippen LogP contribution in [0.5, 0.6) is 0 Å². The lowest BCUT2D eigenvalue weighted by molar-refractivity contribution is 0.168. The third-order valence-corrected chi connectivity index (χ3v) is 2.79. The summed E-state index contributed by atoms with van der Waals surface area (Å²) in [6, 6.07) is 3.59. The fraction of sp³-hybridized carbons (Fsp3) is 0.200. The zero-order valence-electron chi connectivity index (χ0n) is 8.61. The van der Waals surface area contributed by atoms with E-state index in [0.717, 1.165) is 9.35 Å². The van der Waals surface area contributed by atoms with Gasteiger partial charge in [-0.25, -0.2) is 9.78 Å². The van der Waals surface area contributed by atoms with Crippen LogP contribution in [-0.2, 0) is 4.74 Å². The molecule has 0 radical (unpaired) electrons. The topological polar surface area (TPSA) is 55.6 Å². The van der Waals surface area contributed by atoms with Crippen LogP contribution < -0.4 is 5.32 Å². The van der Waals surface area contributed by atoms with Gasteiger partial charge in [0.15, 0.2) is 0 Å². The van der Waals surface area contributed by atoms with Gasteiger partial charge in [0.25, 0.3) is 0 Å². The lowest BCUT2D eigenvalue weighted by Crippen LogP contribution is -2.13. The average molecular weight is 331 g/mol. The summed E-state index contributed by atoms with van der Waals surface area (Å²) in [5.41, 5.74) is 1.46. The molecule has 5 nitrogen and oxygen atoms in total. The standard InChI is InChI=1S/C10H10IN3O2/c1-2-16-10(15)13-7-3-4-14-8(11)6-12-9(14)5-7/h3-6H,2H2,1H3,(H,13,15). The number of anilines is 1. The molecule has 2 aromatic rings. The molecule has 0 saturated carbocycles. The van der Waals surface area contributed by atoms with Crippen molar-refractivity contribution in [1.29, 1.82) is 0 Å². The maximum absolute atomic E-state index is 11.2. The van der Waals surface area contributed by atoms with Gasteiger partial charge < -0.3 is 4.74 Å². The maximum atomic E-state index is 11.2. The van der Waals surface area contributed by atoms with E-state index in [4.69, 9.17) is 4.74 Å². The Hall–Kier alpha value is -1.31. The van der Waals surface area contributed by atoms with E-state index in [-0.39, 0.29) is 0 Å². The van der Waals surface area contributed by atoms with E-state index >= 15 is 0 Å². The summed E-state index contributed by atoms with van der Waals surface area (Å²) in [4.78, 5) is 15.4. The van der Waals surface area contributed by atoms with Gasteiger partial charge in [0.05, 0.1) is 12.8 Å². The van der Waals surface area contributed by atoms with Crippen LogP contribution in [0.15, 0.2) is 24.5 Å². The van der Waals surface area contributed by atoms with Crippen LogP contribution in [0.2, 0.25) is 0 Å². The molecule has 0 atom stereocenters. The Kier molecular flexibility index (Phi) is 3.28. The second-order valence-corrected chi connectivity index (χ2v) is 4.18. The molecule has 16 heavy (non-hydrogen) atoms. The van der Waals surface area contributed by atoms with E-state index in [1.807, 2.05) is 10.6 Å². The first kappa shape index (κ1) is 11.2. The summed E-state index contributed by atoms with van der Waals surface area (Å²) in [7, 11) is 0. The van der Waals surface area contributed by atoms with Crippen LogP contribution in [0.25, 0.3) is 5.65 Å². The Morgan fingerprint density at radius 1 is 1.69 bits per heavy atom. The molecular formula is C10H10IN3O2. The molecule has 0 unspecified atom stereocenters. The van der Waals surface area contributed by atoms with Gasteiger partial charge in [-0.2, -0.15) is 0 Å². The van der Waals surface area contributed by atoms with Crippen molar-refractivity contribution in [2.24, 2.45) is 0 Å². The first-order valence-electron chi connectivity index (χ1n) is 4.77. The number of pyridine rings is 1. The van der Waals surface area contributed by atoms with Crippen molar-refractivity contribution < 1.29 is 9.53 Å². The van der Waals surface area contributed by atoms with Gasteiger partial charge in [0, 0.05) is 18.0 Å². The van der Waals surface area contributed by atoms with E-state index in [9.17, 15) is 4.79 Å². The molecule has 0 fully saturated rings. The van der Waals surface area contributed by atoms with Crippen LogP contribution >= 0.6 is 22.6 Å². The summed E-state index contributed by atoms with van der Waals surface area (Å²) in [5, 5.41) is 2.63. The molecule has 0 aliphatic rings. The molecule has 0 aromatic carbocycles. The Morgan fingerprint density at radius 3 is 3.25 bits per heavy atom. The number of hydrogen-bond donors (Lipinski definition) is 1. The van der Waals surface area contributed by atoms with E-state index in [0.29, 0.717) is 12.3 Å². The molecule has 1 amide bonds. The summed E-state index contributed by atoms with van der Waals surface area (Å²) >= 11 is 2.19. The highest BCUT2D eigenvalue weighted by atomic mass is 127. The lowest BCUT2D eigenvalue weighted by atomic mass is 10.4. The van der Waals surface area contributed by atoms with Gasteiger partial charge in [-0.15, -0.1) is 0 Å². The van der Waals surface area contributed by atoms with Crippen molar-refractivity contribution in [3.05, 3.63) is 28.2 Å². The van der Waals surface area contributed by atoms with Crippen molar-refractivity contribution in [2.45, 2.75) is 6.92 Å². The highest BCUT2D eigenvalue weighted by molar-refractivity contribution is 14.1. The van der Waals surface area contributed by atoms with Crippen LogP contribution in [0, 0.1) is 3.70 Å². The third-order valence-electron chi connectivity index (χ3n) is 1.99. The van der Waals surface area contributed by atoms with Crippen molar-refractivity contribution in [3.8, 4) is 0 Å². The molecule has 2 rings (SSSR count). The Morgan fingerprint density at radius 2 is 2.50 bits per heavy atom. The Labute approximate surface area is 106 Å². The molecule has 2 aromatic heterocycles. The van der Waals surface area contributed by atoms with Crippen molar-refractivity contribution in [3.63, 3.8) is 0 Å². The zero-order valence-corrected chi connectivity index (χ0v) is 10.8. The highest BCUT2D eigenvalue weighted by Gasteiger charge is 2.04. The quantitative estimate of drug-likeness (QED) is 0.861. The molecule has 6 heteroatoms. The van der Waals surface area contributed by atoms with Gasteiger partial charge in [-0.3, -0.25) is 9.72 Å². The van der Waals surface area contributed by atoms with Crippen molar-refractivity contribution in [2.75, 3.05) is 11.9 Å². The minimum atomic E-state index is -0.451. The lowest BCUT2D eigenvalue weighted by Gasteiger charge is -2.05. The fourth-order valence-corrected chi connectivity index (χ4v) is 1.86. The minimum absolute atomic E-state index is 0.357. The molecule has 0 aliphatic heterocycles. The van der Waals surface area contributed by atoms with E-state index < -0.39 is 6.09 Å². The molecule has 0 spiro atoms. The number of halogens is 1. The number of imidazole rings is 1. The number of carbonyl (C=O) groups excluding carboxylic acids is 1. The predicted octanol–water partition coefficient (Wildman–Crippen LogP) is 2.51. The van der Waals surface area contributed by atoms with Gasteiger partial charge in [0.1, 0.15) is 9.35 Å². The minimum Gasteiger partial charge on any atom is -0.450 e. The van der Waals surface area contributed by atoms with Crippen LogP contribution in [0.3, 0.4) is 0 Å². The second kappa shape index (κ2) is 4.69. The predicted molar refractivity (Wildman–Crippen MR) is 68.6 cm³/mol. The third kappa shape index (κ3) is 2.26. The average Bonchev–Trinajstić information content (AvgIpc) is 2.60. The van der Waals surface area contributed by atoms with Crippen LogP contribution in [0.4, 0.5) is 10.5 Å². The number of hydrogen-bond acceptors (Lipinski definition) is 3. The number of nitrogens with zero attached hydrogens (tertiary/aromatic N) is 2. The number of carbonyl (C=O) groups is 1. The maximum Gasteiger partial charge on any atom is 0.411 e. The molecule has 0 aliphatic carbocycles. The number of ether oxygens (including phenoxy) is 1. The molecule has 84 valence electrons. The largest absolute Gasteiger partial charge is 0.450 e. The molecule has 0 saturated heterocycles. The fourth-order valence-electron chi connectivity index (χ4n) is 1.31. The molecule has 2 heterocycles. The summed E-state index contributed by atoms with van der Waals surface area (Å²) in [5.74, 6) is 0. The van der Waals surface area contributed by atoms with Gasteiger partial charge >= 0.3 is 6.09 Å². The smallest absolute Gasteiger partial charge is 0.411 e. The Balaban J connectivity index is 2.23. The number of amides is 1. The number of aromatic nitrogens is 2. The first-order valence-corrected chi connectivity index (χ1v) is 5.85. The number of nitrogens with one attached hydrogen (secondary N) is 1. The summed E-state index contributed by atoms with van der Waals surface area (Å²) in [6.07, 6.45) is 3.17. The summed E-state index contributed by atoms with van der Waals surface area (Å²) < 4.78 is 7.74. The normalized spacial score (nSPS) is 10.4. The number of fused-ring (bicyclic) bond motifs is 1. The van der Waals surface area contributed by atoms with Crippen LogP contribution in [-0.4, -0.2) is 22.1 Å². The number of rotatable bonds is 2. The Bertz CT molecular complexity index is 524. The molecular weight excluding hydrogens is 321 g/mol. The summed E-state index contributed by atoms with van der Waals surface area (Å²) in [6.45, 7) is 2.12. The molecule has 0 bridgehead atoms. The molecule has 1 N–H and O–H groups in total. The van der Waals surface area contributed by atoms with Crippen molar-refractivity contribution >= 4 is 40.0 Å². The van der Waals surface area contributed by atoms with E-state index in [2.05, 4.69) is 32.9 Å². The SMILES string of the molecule is CCOC(=O)Nc1ccn2c(I)cnc2c1. The van der Waals surface area contributed by atoms with Crippen LogP contribution in [0.1, 0.15) is 6.92 Å². The first-order chi connectivity index (χ1) is 7.70. The second-order valence-electron chi connectivity index (χ2n) is 3.07. The zero-order chi connectivity index (χ0) is 11.5. The van der Waals surface area contributed by atoms with Gasteiger partial charge in [0.2, 0.25) is 0 Å².